The second kappa shape index (κ2) is 7.68. The Hall–Kier alpha value is -2.37. The summed E-state index contributed by atoms with van der Waals surface area (Å²) in [5.41, 5.74) is 1.62. The molecule has 0 saturated carbocycles. The largest absolute Gasteiger partial charge is 0.490 e. The Kier molecular flexibility index (Phi) is 5.82. The molecule has 5 nitrogen and oxygen atoms in total. The third-order valence-corrected chi connectivity index (χ3v) is 3.67. The molecule has 0 aliphatic rings. The van der Waals surface area contributed by atoms with Gasteiger partial charge in [-0.15, -0.1) is 0 Å². The average molecular weight is 347 g/mol. The number of ether oxygens (including phenoxy) is 1. The van der Waals surface area contributed by atoms with Crippen LogP contribution < -0.4 is 10.1 Å². The number of rotatable bonds is 6. The molecule has 1 N–H and O–H groups in total. The van der Waals surface area contributed by atoms with E-state index in [0.29, 0.717) is 17.9 Å². The highest BCUT2D eigenvalue weighted by Gasteiger charge is 2.16. The van der Waals surface area contributed by atoms with Crippen LogP contribution in [0.1, 0.15) is 49.4 Å². The van der Waals surface area contributed by atoms with Gasteiger partial charge >= 0.3 is 0 Å². The lowest BCUT2D eigenvalue weighted by Gasteiger charge is -2.19. The van der Waals surface area contributed by atoms with Crippen LogP contribution in [0.3, 0.4) is 0 Å². The van der Waals surface area contributed by atoms with Crippen LogP contribution in [-0.4, -0.2) is 22.3 Å². The third kappa shape index (κ3) is 5.05. The Morgan fingerprint density at radius 3 is 2.68 bits per heavy atom. The first-order valence-corrected chi connectivity index (χ1v) is 8.42. The molecule has 1 heterocycles. The first kappa shape index (κ1) is 19.0. The highest BCUT2D eigenvalue weighted by Crippen LogP contribution is 2.23. The summed E-state index contributed by atoms with van der Waals surface area (Å²) in [6, 6.07) is 6.71. The number of aryl methyl sites for hydroxylation is 2. The standard InChI is InChI=1S/C19H26FN3O2/c1-6-14-10-15(23(5)22-14)18(24)21-11-13-8-7-9-16(17(13)20)25-12-19(2,3)4/h7-10H,6,11-12H2,1-5H3,(H,21,24). The van der Waals surface area contributed by atoms with Crippen LogP contribution in [0.5, 0.6) is 5.75 Å². The molecule has 0 aliphatic carbocycles. The van der Waals surface area contributed by atoms with Crippen molar-refractivity contribution in [3.63, 3.8) is 0 Å². The molecule has 6 heteroatoms. The zero-order valence-corrected chi connectivity index (χ0v) is 15.5. The van der Waals surface area contributed by atoms with Crippen molar-refractivity contribution in [2.24, 2.45) is 12.5 Å². The summed E-state index contributed by atoms with van der Waals surface area (Å²) < 4.78 is 21.6. The highest BCUT2D eigenvalue weighted by molar-refractivity contribution is 5.92. The monoisotopic (exact) mass is 347 g/mol. The van der Waals surface area contributed by atoms with E-state index in [-0.39, 0.29) is 23.6 Å². The van der Waals surface area contributed by atoms with Crippen molar-refractivity contribution in [2.45, 2.75) is 40.7 Å². The van der Waals surface area contributed by atoms with E-state index in [4.69, 9.17) is 4.74 Å². The molecule has 0 radical (unpaired) electrons. The quantitative estimate of drug-likeness (QED) is 0.870. The number of amides is 1. The minimum Gasteiger partial charge on any atom is -0.490 e. The van der Waals surface area contributed by atoms with Crippen molar-refractivity contribution in [1.82, 2.24) is 15.1 Å². The molecule has 136 valence electrons. The van der Waals surface area contributed by atoms with Gasteiger partial charge in [0.1, 0.15) is 5.69 Å². The molecule has 1 aromatic carbocycles. The Morgan fingerprint density at radius 2 is 2.08 bits per heavy atom. The number of carbonyl (C=O) groups excluding carboxylic acids is 1. The van der Waals surface area contributed by atoms with Crippen molar-refractivity contribution in [1.29, 1.82) is 0 Å². The van der Waals surface area contributed by atoms with Crippen LogP contribution in [-0.2, 0) is 20.0 Å². The molecule has 0 fully saturated rings. The van der Waals surface area contributed by atoms with E-state index in [1.54, 1.807) is 31.3 Å². The molecule has 1 amide bonds. The fraction of sp³-hybridized carbons (Fsp3) is 0.474. The van der Waals surface area contributed by atoms with Crippen LogP contribution in [0.2, 0.25) is 0 Å². The number of aromatic nitrogens is 2. The SMILES string of the molecule is CCc1cc(C(=O)NCc2cccc(OCC(C)(C)C)c2F)n(C)n1. The Bertz CT molecular complexity index is 748. The Labute approximate surface area is 148 Å². The molecule has 2 aromatic rings. The lowest BCUT2D eigenvalue weighted by molar-refractivity contribution is 0.0941. The van der Waals surface area contributed by atoms with Crippen LogP contribution in [0.4, 0.5) is 4.39 Å². The molecular weight excluding hydrogens is 321 g/mol. The number of nitrogens with zero attached hydrogens (tertiary/aromatic N) is 2. The molecule has 25 heavy (non-hydrogen) atoms. The van der Waals surface area contributed by atoms with Gasteiger partial charge in [-0.2, -0.15) is 5.10 Å². The van der Waals surface area contributed by atoms with Gasteiger partial charge in [0.15, 0.2) is 11.6 Å². The minimum absolute atomic E-state index is 0.0623. The molecule has 0 unspecified atom stereocenters. The lowest BCUT2D eigenvalue weighted by Crippen LogP contribution is -2.25. The summed E-state index contributed by atoms with van der Waals surface area (Å²) >= 11 is 0. The number of halogens is 1. The molecule has 0 atom stereocenters. The number of hydrogen-bond acceptors (Lipinski definition) is 3. The maximum atomic E-state index is 14.5. The minimum atomic E-state index is -0.439. The number of carbonyl (C=O) groups is 1. The maximum absolute atomic E-state index is 14.5. The zero-order chi connectivity index (χ0) is 18.6. The van der Waals surface area contributed by atoms with Crippen LogP contribution in [0.25, 0.3) is 0 Å². The van der Waals surface area contributed by atoms with Gasteiger partial charge in [-0.1, -0.05) is 39.8 Å². The van der Waals surface area contributed by atoms with E-state index in [1.165, 1.54) is 4.68 Å². The predicted molar refractivity (Wildman–Crippen MR) is 95.1 cm³/mol. The number of hydrogen-bond donors (Lipinski definition) is 1. The summed E-state index contributed by atoms with van der Waals surface area (Å²) in [6.07, 6.45) is 0.753. The first-order valence-electron chi connectivity index (χ1n) is 8.42. The van der Waals surface area contributed by atoms with Crippen LogP contribution in [0, 0.1) is 11.2 Å². The van der Waals surface area contributed by atoms with Crippen LogP contribution >= 0.6 is 0 Å². The second-order valence-corrected chi connectivity index (χ2v) is 7.26. The summed E-state index contributed by atoms with van der Waals surface area (Å²) in [4.78, 5) is 12.3. The fourth-order valence-corrected chi connectivity index (χ4v) is 2.28. The summed E-state index contributed by atoms with van der Waals surface area (Å²) in [7, 11) is 1.72. The van der Waals surface area contributed by atoms with Crippen molar-refractivity contribution in [3.05, 3.63) is 47.0 Å². The molecule has 0 aliphatic heterocycles. The predicted octanol–water partition coefficient (Wildman–Crippen LogP) is 3.48. The van der Waals surface area contributed by atoms with E-state index < -0.39 is 5.82 Å². The number of benzene rings is 1. The fourth-order valence-electron chi connectivity index (χ4n) is 2.28. The third-order valence-electron chi connectivity index (χ3n) is 3.67. The van der Waals surface area contributed by atoms with Crippen molar-refractivity contribution in [3.8, 4) is 5.75 Å². The van der Waals surface area contributed by atoms with E-state index in [9.17, 15) is 9.18 Å². The zero-order valence-electron chi connectivity index (χ0n) is 15.5. The van der Waals surface area contributed by atoms with Gasteiger partial charge in [0.05, 0.1) is 12.3 Å². The molecule has 2 rings (SSSR count). The Morgan fingerprint density at radius 1 is 1.36 bits per heavy atom. The van der Waals surface area contributed by atoms with E-state index in [2.05, 4.69) is 10.4 Å². The van der Waals surface area contributed by atoms with Gasteiger partial charge in [0.25, 0.3) is 5.91 Å². The van der Waals surface area contributed by atoms with E-state index >= 15 is 0 Å². The Balaban J connectivity index is 2.05. The van der Waals surface area contributed by atoms with Gasteiger partial charge in [-0.05, 0) is 24.0 Å². The number of nitrogens with one attached hydrogen (secondary N) is 1. The van der Waals surface area contributed by atoms with Crippen molar-refractivity contribution in [2.75, 3.05) is 6.61 Å². The van der Waals surface area contributed by atoms with Gasteiger partial charge in [0.2, 0.25) is 0 Å². The molecule has 1 aromatic heterocycles. The average Bonchev–Trinajstić information content (AvgIpc) is 2.93. The summed E-state index contributed by atoms with van der Waals surface area (Å²) in [6.45, 7) is 8.54. The molecule has 0 saturated heterocycles. The van der Waals surface area contributed by atoms with Crippen molar-refractivity contribution < 1.29 is 13.9 Å². The first-order chi connectivity index (χ1) is 11.7. The molecule has 0 spiro atoms. The second-order valence-electron chi connectivity index (χ2n) is 7.26. The van der Waals surface area contributed by atoms with Gasteiger partial charge < -0.3 is 10.1 Å². The van der Waals surface area contributed by atoms with E-state index in [0.717, 1.165) is 12.1 Å². The topological polar surface area (TPSA) is 56.1 Å². The normalized spacial score (nSPS) is 11.4. The lowest BCUT2D eigenvalue weighted by atomic mass is 9.99. The maximum Gasteiger partial charge on any atom is 0.269 e. The van der Waals surface area contributed by atoms with Crippen molar-refractivity contribution >= 4 is 5.91 Å². The smallest absolute Gasteiger partial charge is 0.269 e. The van der Waals surface area contributed by atoms with Gasteiger partial charge in [-0.3, -0.25) is 9.48 Å². The summed E-state index contributed by atoms with van der Waals surface area (Å²) in [5.74, 6) is -0.517. The summed E-state index contributed by atoms with van der Waals surface area (Å²) in [5, 5.41) is 6.98. The molecular formula is C19H26FN3O2. The van der Waals surface area contributed by atoms with E-state index in [1.807, 2.05) is 27.7 Å². The molecule has 0 bridgehead atoms. The van der Waals surface area contributed by atoms with Crippen LogP contribution in [0.15, 0.2) is 24.3 Å². The highest BCUT2D eigenvalue weighted by atomic mass is 19.1. The van der Waals surface area contributed by atoms with Gasteiger partial charge in [-0.25, -0.2) is 4.39 Å². The van der Waals surface area contributed by atoms with Gasteiger partial charge in [0, 0.05) is 19.2 Å².